The number of esters is 1. The predicted octanol–water partition coefficient (Wildman–Crippen LogP) is 3.20. The van der Waals surface area contributed by atoms with E-state index in [1.807, 2.05) is 0 Å². The van der Waals surface area contributed by atoms with Gasteiger partial charge in [-0.3, -0.25) is 0 Å². The van der Waals surface area contributed by atoms with Crippen LogP contribution >= 0.6 is 0 Å². The smallest absolute Gasteiger partial charge is 0.338 e. The molecule has 1 aliphatic carbocycles. The van der Waals surface area contributed by atoms with Gasteiger partial charge in [-0.25, -0.2) is 4.79 Å². The quantitative estimate of drug-likeness (QED) is 0.598. The number of ether oxygens (including phenoxy) is 3. The number of benzene rings is 1. The van der Waals surface area contributed by atoms with Crippen molar-refractivity contribution in [1.29, 1.82) is 0 Å². The average Bonchev–Trinajstić information content (AvgIpc) is 2.59. The Labute approximate surface area is 137 Å². The molecule has 0 atom stereocenters. The maximum Gasteiger partial charge on any atom is 0.338 e. The molecule has 0 heterocycles. The lowest BCUT2D eigenvalue weighted by atomic mass is 9.98. The van der Waals surface area contributed by atoms with Crippen LogP contribution in [0, 0.1) is 24.7 Å². The van der Waals surface area contributed by atoms with Gasteiger partial charge >= 0.3 is 5.97 Å². The van der Waals surface area contributed by atoms with Crippen LogP contribution in [0.2, 0.25) is 0 Å². The molecule has 0 saturated heterocycles. The van der Waals surface area contributed by atoms with Crippen LogP contribution < -0.4 is 9.47 Å². The number of carbonyl (C=O) groups excluding carboxylic acids is 1. The summed E-state index contributed by atoms with van der Waals surface area (Å²) in [6, 6.07) is 4.85. The molecular weight excluding hydrogens is 292 g/mol. The fraction of sp³-hybridized carbons (Fsp3) is 0.421. The summed E-state index contributed by atoms with van der Waals surface area (Å²) < 4.78 is 16.3. The number of hydrogen-bond donors (Lipinski definition) is 0. The summed E-state index contributed by atoms with van der Waals surface area (Å²) in [5.74, 6) is 5.29. The summed E-state index contributed by atoms with van der Waals surface area (Å²) in [6.07, 6.45) is 15.6. The molecule has 1 saturated carbocycles. The van der Waals surface area contributed by atoms with E-state index in [1.165, 1.54) is 6.42 Å². The van der Waals surface area contributed by atoms with Crippen LogP contribution in [-0.2, 0) is 4.74 Å². The molecule has 1 aromatic rings. The first-order valence-electron chi connectivity index (χ1n) is 7.71. The van der Waals surface area contributed by atoms with E-state index in [2.05, 4.69) is 11.8 Å². The van der Waals surface area contributed by atoms with Crippen LogP contribution in [0.5, 0.6) is 11.5 Å². The maximum absolute atomic E-state index is 12.4. The molecule has 0 radical (unpaired) electrons. The molecular formula is C19H20O4. The van der Waals surface area contributed by atoms with Crippen molar-refractivity contribution in [3.05, 3.63) is 23.8 Å². The molecule has 4 heteroatoms. The zero-order valence-corrected chi connectivity index (χ0v) is 13.0. The van der Waals surface area contributed by atoms with E-state index in [1.54, 1.807) is 18.2 Å². The topological polar surface area (TPSA) is 44.8 Å². The van der Waals surface area contributed by atoms with Gasteiger partial charge < -0.3 is 14.2 Å². The van der Waals surface area contributed by atoms with E-state index < -0.39 is 0 Å². The third kappa shape index (κ3) is 5.27. The summed E-state index contributed by atoms with van der Waals surface area (Å²) in [5.41, 5.74) is 0.372. The lowest BCUT2D eigenvalue weighted by Crippen LogP contribution is -2.21. The minimum atomic E-state index is -0.381. The standard InChI is InChI=1S/C19H20O4/c1-3-10-21-17-12-15(13-18(14-17)22-11-4-2)19(20)23-16-8-6-5-7-9-16/h1-2,12-14,16H,5-11H2. The molecule has 0 bridgehead atoms. The van der Waals surface area contributed by atoms with Gasteiger partial charge in [-0.2, -0.15) is 0 Å². The van der Waals surface area contributed by atoms with Crippen molar-refractivity contribution < 1.29 is 19.0 Å². The van der Waals surface area contributed by atoms with Crippen molar-refractivity contribution in [1.82, 2.24) is 0 Å². The molecule has 0 amide bonds. The van der Waals surface area contributed by atoms with Crippen LogP contribution in [0.3, 0.4) is 0 Å². The lowest BCUT2D eigenvalue weighted by molar-refractivity contribution is 0.0210. The SMILES string of the molecule is C#CCOc1cc(OCC#C)cc(C(=O)OC2CCCCC2)c1. The third-order valence-corrected chi connectivity index (χ3v) is 3.59. The van der Waals surface area contributed by atoms with E-state index in [0.717, 1.165) is 25.7 Å². The lowest BCUT2D eigenvalue weighted by Gasteiger charge is -2.22. The Balaban J connectivity index is 2.12. The molecule has 0 aliphatic heterocycles. The Bertz CT molecular complexity index is 579. The van der Waals surface area contributed by atoms with Gasteiger partial charge in [0.15, 0.2) is 0 Å². The third-order valence-electron chi connectivity index (χ3n) is 3.59. The van der Waals surface area contributed by atoms with Gasteiger partial charge in [0.25, 0.3) is 0 Å². The van der Waals surface area contributed by atoms with Crippen LogP contribution in [0.25, 0.3) is 0 Å². The molecule has 1 aliphatic rings. The van der Waals surface area contributed by atoms with Gasteiger partial charge in [0.1, 0.15) is 30.8 Å². The van der Waals surface area contributed by atoms with Crippen LogP contribution in [0.4, 0.5) is 0 Å². The molecule has 120 valence electrons. The van der Waals surface area contributed by atoms with Gasteiger partial charge in [0.05, 0.1) is 5.56 Å². The largest absolute Gasteiger partial charge is 0.481 e. The Morgan fingerprint density at radius 1 is 1.00 bits per heavy atom. The number of rotatable bonds is 6. The van der Waals surface area contributed by atoms with E-state index in [-0.39, 0.29) is 25.3 Å². The Morgan fingerprint density at radius 3 is 2.09 bits per heavy atom. The van der Waals surface area contributed by atoms with Gasteiger partial charge in [0.2, 0.25) is 0 Å². The molecule has 0 N–H and O–H groups in total. The van der Waals surface area contributed by atoms with Gasteiger partial charge in [-0.1, -0.05) is 18.3 Å². The highest BCUT2D eigenvalue weighted by molar-refractivity contribution is 5.90. The molecule has 2 rings (SSSR count). The fourth-order valence-corrected chi connectivity index (χ4v) is 2.51. The van der Waals surface area contributed by atoms with Crippen LogP contribution in [0.1, 0.15) is 42.5 Å². The molecule has 1 aromatic carbocycles. The zero-order valence-electron chi connectivity index (χ0n) is 13.0. The summed E-state index contributed by atoms with van der Waals surface area (Å²) in [6.45, 7) is 0.214. The average molecular weight is 312 g/mol. The first kappa shape index (κ1) is 16.8. The van der Waals surface area contributed by atoms with Crippen molar-refractivity contribution in [2.24, 2.45) is 0 Å². The summed E-state index contributed by atoms with van der Waals surface area (Å²) in [7, 11) is 0. The summed E-state index contributed by atoms with van der Waals surface area (Å²) in [5, 5.41) is 0. The van der Waals surface area contributed by atoms with E-state index in [0.29, 0.717) is 17.1 Å². The molecule has 4 nitrogen and oxygen atoms in total. The first-order chi connectivity index (χ1) is 11.2. The first-order valence-corrected chi connectivity index (χ1v) is 7.71. The highest BCUT2D eigenvalue weighted by Gasteiger charge is 2.20. The number of carbonyl (C=O) groups is 1. The second-order valence-corrected chi connectivity index (χ2v) is 5.34. The summed E-state index contributed by atoms with van der Waals surface area (Å²) in [4.78, 5) is 12.4. The molecule has 23 heavy (non-hydrogen) atoms. The fourth-order valence-electron chi connectivity index (χ4n) is 2.51. The van der Waals surface area contributed by atoms with Crippen LogP contribution in [-0.4, -0.2) is 25.3 Å². The number of hydrogen-bond acceptors (Lipinski definition) is 4. The Morgan fingerprint density at radius 2 is 1.57 bits per heavy atom. The normalized spacial score (nSPS) is 14.3. The molecule has 0 aromatic heterocycles. The van der Waals surface area contributed by atoms with E-state index >= 15 is 0 Å². The van der Waals surface area contributed by atoms with E-state index in [9.17, 15) is 4.79 Å². The minimum Gasteiger partial charge on any atom is -0.481 e. The van der Waals surface area contributed by atoms with Gasteiger partial charge in [-0.15, -0.1) is 12.8 Å². The highest BCUT2D eigenvalue weighted by atomic mass is 16.5. The predicted molar refractivity (Wildman–Crippen MR) is 87.4 cm³/mol. The molecule has 1 fully saturated rings. The van der Waals surface area contributed by atoms with Gasteiger partial charge in [0, 0.05) is 6.07 Å². The highest BCUT2D eigenvalue weighted by Crippen LogP contribution is 2.26. The second kappa shape index (κ2) is 8.76. The van der Waals surface area contributed by atoms with Crippen molar-refractivity contribution in [2.45, 2.75) is 38.2 Å². The molecule has 0 spiro atoms. The van der Waals surface area contributed by atoms with Crippen molar-refractivity contribution in [3.8, 4) is 36.2 Å². The van der Waals surface area contributed by atoms with Crippen molar-refractivity contribution >= 4 is 5.97 Å². The zero-order chi connectivity index (χ0) is 16.5. The molecule has 0 unspecified atom stereocenters. The summed E-state index contributed by atoms with van der Waals surface area (Å²) >= 11 is 0. The van der Waals surface area contributed by atoms with Crippen LogP contribution in [0.15, 0.2) is 18.2 Å². The maximum atomic E-state index is 12.4. The Kier molecular flexibility index (Phi) is 6.39. The van der Waals surface area contributed by atoms with E-state index in [4.69, 9.17) is 27.1 Å². The number of terminal acetylenes is 2. The Hall–Kier alpha value is -2.59. The van der Waals surface area contributed by atoms with Crippen molar-refractivity contribution in [3.63, 3.8) is 0 Å². The van der Waals surface area contributed by atoms with Crippen molar-refractivity contribution in [2.75, 3.05) is 13.2 Å². The minimum absolute atomic E-state index is 0.0124. The van der Waals surface area contributed by atoms with Gasteiger partial charge in [-0.05, 0) is 37.8 Å². The second-order valence-electron chi connectivity index (χ2n) is 5.34. The monoisotopic (exact) mass is 312 g/mol.